The molecule has 0 saturated heterocycles. The van der Waals surface area contributed by atoms with Crippen LogP contribution < -0.4 is 0 Å². The van der Waals surface area contributed by atoms with E-state index in [2.05, 4.69) is 24.1 Å². The van der Waals surface area contributed by atoms with Crippen molar-refractivity contribution in [3.63, 3.8) is 0 Å². The van der Waals surface area contributed by atoms with Crippen molar-refractivity contribution in [1.29, 1.82) is 5.26 Å². The summed E-state index contributed by atoms with van der Waals surface area (Å²) in [4.78, 5) is 2.30. The first-order valence-electron chi connectivity index (χ1n) is 5.50. The van der Waals surface area contributed by atoms with Crippen LogP contribution >= 0.6 is 0 Å². The molecule has 1 aromatic rings. The van der Waals surface area contributed by atoms with Crippen LogP contribution in [0.25, 0.3) is 0 Å². The molecule has 1 aliphatic rings. The summed E-state index contributed by atoms with van der Waals surface area (Å²) in [6.45, 7) is 6.11. The molecule has 0 spiro atoms. The predicted molar refractivity (Wildman–Crippen MR) is 62.5 cm³/mol. The minimum atomic E-state index is 0.781. The quantitative estimate of drug-likeness (QED) is 0.646. The van der Waals surface area contributed by atoms with Gasteiger partial charge in [0, 0.05) is 13.1 Å². The minimum absolute atomic E-state index is 0.781. The van der Waals surface area contributed by atoms with Crippen molar-refractivity contribution in [3.8, 4) is 6.07 Å². The van der Waals surface area contributed by atoms with E-state index >= 15 is 0 Å². The Morgan fingerprint density at radius 1 is 1.27 bits per heavy atom. The normalized spacial score (nSPS) is 14.5. The molecule has 0 atom stereocenters. The maximum Gasteiger partial charge on any atom is 0.0991 e. The second-order valence-corrected chi connectivity index (χ2v) is 3.58. The number of likely N-dealkylation sites (N-methyl/N-ethyl adjacent to an activating group) is 1. The second-order valence-electron chi connectivity index (χ2n) is 3.58. The maximum atomic E-state index is 8.73. The molecule has 15 heavy (non-hydrogen) atoms. The molecule has 0 N–H and O–H groups in total. The molecule has 0 fully saturated rings. The van der Waals surface area contributed by atoms with Crippen LogP contribution in [0.3, 0.4) is 0 Å². The monoisotopic (exact) mass is 202 g/mol. The van der Waals surface area contributed by atoms with Crippen LogP contribution in [0.1, 0.15) is 30.5 Å². The first-order chi connectivity index (χ1) is 7.29. The topological polar surface area (TPSA) is 27.0 Å². The maximum absolute atomic E-state index is 8.73. The summed E-state index contributed by atoms with van der Waals surface area (Å²) >= 11 is 0. The number of fused-ring (bicyclic) bond motifs is 1. The summed E-state index contributed by atoms with van der Waals surface area (Å²) < 4.78 is 0. The third kappa shape index (κ3) is 2.81. The standard InChI is InChI=1S/C11H12N2.C2H6/c1-13-5-4-10-6-9(7-12)2-3-11(10)8-13;1-2/h2-3,6H,4-5,8H2,1H3;1-2H3. The van der Waals surface area contributed by atoms with Gasteiger partial charge >= 0.3 is 0 Å². The van der Waals surface area contributed by atoms with Gasteiger partial charge in [0.15, 0.2) is 0 Å². The Bertz CT molecular complexity index is 363. The van der Waals surface area contributed by atoms with Gasteiger partial charge in [-0.2, -0.15) is 5.26 Å². The van der Waals surface area contributed by atoms with Crippen LogP contribution in [-0.2, 0) is 13.0 Å². The van der Waals surface area contributed by atoms with E-state index in [1.807, 2.05) is 26.0 Å². The molecule has 0 bridgehead atoms. The third-order valence-corrected chi connectivity index (χ3v) is 2.54. The first-order valence-corrected chi connectivity index (χ1v) is 5.50. The van der Waals surface area contributed by atoms with Crippen LogP contribution in [0.4, 0.5) is 0 Å². The third-order valence-electron chi connectivity index (χ3n) is 2.54. The van der Waals surface area contributed by atoms with E-state index in [9.17, 15) is 0 Å². The Balaban J connectivity index is 0.000000531. The zero-order valence-corrected chi connectivity index (χ0v) is 9.75. The summed E-state index contributed by atoms with van der Waals surface area (Å²) in [6.07, 6.45) is 1.07. The van der Waals surface area contributed by atoms with Gasteiger partial charge in [0.1, 0.15) is 0 Å². The number of hydrogen-bond acceptors (Lipinski definition) is 2. The highest BCUT2D eigenvalue weighted by Crippen LogP contribution is 2.18. The predicted octanol–water partition coefficient (Wildman–Crippen LogP) is 2.57. The Morgan fingerprint density at radius 2 is 2.00 bits per heavy atom. The van der Waals surface area contributed by atoms with E-state index in [1.54, 1.807) is 0 Å². The molecule has 1 heterocycles. The summed E-state index contributed by atoms with van der Waals surface area (Å²) in [5.74, 6) is 0. The van der Waals surface area contributed by atoms with Gasteiger partial charge in [-0.1, -0.05) is 19.9 Å². The van der Waals surface area contributed by atoms with Crippen molar-refractivity contribution in [2.45, 2.75) is 26.8 Å². The molecule has 2 heteroatoms. The average Bonchev–Trinajstić information content (AvgIpc) is 2.31. The van der Waals surface area contributed by atoms with Gasteiger partial charge in [-0.3, -0.25) is 0 Å². The van der Waals surface area contributed by atoms with E-state index in [0.29, 0.717) is 0 Å². The van der Waals surface area contributed by atoms with Gasteiger partial charge in [-0.25, -0.2) is 0 Å². The largest absolute Gasteiger partial charge is 0.302 e. The molecule has 0 aliphatic carbocycles. The number of nitriles is 1. The molecule has 1 aliphatic heterocycles. The highest BCUT2D eigenvalue weighted by molar-refractivity contribution is 5.39. The van der Waals surface area contributed by atoms with Crippen LogP contribution in [0.5, 0.6) is 0 Å². The second kappa shape index (κ2) is 5.53. The zero-order chi connectivity index (χ0) is 11.3. The van der Waals surface area contributed by atoms with E-state index in [1.165, 1.54) is 11.1 Å². The number of nitrogens with zero attached hydrogens (tertiary/aromatic N) is 2. The van der Waals surface area contributed by atoms with E-state index in [4.69, 9.17) is 5.26 Å². The summed E-state index contributed by atoms with van der Waals surface area (Å²) in [5.41, 5.74) is 3.49. The molecule has 0 radical (unpaired) electrons. The highest BCUT2D eigenvalue weighted by Gasteiger charge is 2.12. The zero-order valence-electron chi connectivity index (χ0n) is 9.75. The number of rotatable bonds is 0. The van der Waals surface area contributed by atoms with Crippen molar-refractivity contribution in [2.24, 2.45) is 0 Å². The van der Waals surface area contributed by atoms with Crippen molar-refractivity contribution in [3.05, 3.63) is 34.9 Å². The van der Waals surface area contributed by atoms with E-state index in [-0.39, 0.29) is 0 Å². The molecule has 0 amide bonds. The van der Waals surface area contributed by atoms with Gasteiger partial charge in [-0.15, -0.1) is 0 Å². The summed E-state index contributed by atoms with van der Waals surface area (Å²) in [5, 5.41) is 8.73. The molecular weight excluding hydrogens is 184 g/mol. The van der Waals surface area contributed by atoms with Crippen LogP contribution in [-0.4, -0.2) is 18.5 Å². The molecule has 0 saturated carbocycles. The lowest BCUT2D eigenvalue weighted by Crippen LogP contribution is -2.26. The smallest absolute Gasteiger partial charge is 0.0991 e. The molecule has 80 valence electrons. The van der Waals surface area contributed by atoms with Crippen molar-refractivity contribution in [1.82, 2.24) is 4.90 Å². The van der Waals surface area contributed by atoms with Gasteiger partial charge < -0.3 is 4.90 Å². The van der Waals surface area contributed by atoms with Gasteiger partial charge in [0.2, 0.25) is 0 Å². The molecule has 2 rings (SSSR count). The van der Waals surface area contributed by atoms with Gasteiger partial charge in [0.05, 0.1) is 11.6 Å². The van der Waals surface area contributed by atoms with E-state index in [0.717, 1.165) is 25.1 Å². The Labute approximate surface area is 92.1 Å². The Kier molecular flexibility index (Phi) is 4.33. The Hall–Kier alpha value is -1.33. The van der Waals surface area contributed by atoms with Crippen molar-refractivity contribution in [2.75, 3.05) is 13.6 Å². The highest BCUT2D eigenvalue weighted by atomic mass is 15.1. The molecule has 2 nitrogen and oxygen atoms in total. The summed E-state index contributed by atoms with van der Waals surface area (Å²) in [7, 11) is 2.13. The number of hydrogen-bond donors (Lipinski definition) is 0. The van der Waals surface area contributed by atoms with Crippen molar-refractivity contribution >= 4 is 0 Å². The minimum Gasteiger partial charge on any atom is -0.302 e. The molecular formula is C13H18N2. The first kappa shape index (κ1) is 11.7. The fourth-order valence-electron chi connectivity index (χ4n) is 1.76. The lowest BCUT2D eigenvalue weighted by molar-refractivity contribution is 0.313. The fourth-order valence-corrected chi connectivity index (χ4v) is 1.76. The molecule has 0 aromatic heterocycles. The van der Waals surface area contributed by atoms with Crippen LogP contribution in [0.2, 0.25) is 0 Å². The fraction of sp³-hybridized carbons (Fsp3) is 0.462. The molecule has 0 unspecified atom stereocenters. The Morgan fingerprint density at radius 3 is 2.67 bits per heavy atom. The van der Waals surface area contributed by atoms with E-state index < -0.39 is 0 Å². The van der Waals surface area contributed by atoms with Crippen LogP contribution in [0.15, 0.2) is 18.2 Å². The molecule has 1 aromatic carbocycles. The summed E-state index contributed by atoms with van der Waals surface area (Å²) in [6, 6.07) is 8.16. The number of benzene rings is 1. The lowest BCUT2D eigenvalue weighted by Gasteiger charge is -2.24. The van der Waals surface area contributed by atoms with Gasteiger partial charge in [0.25, 0.3) is 0 Å². The SMILES string of the molecule is CC.CN1CCc2cc(C#N)ccc2C1. The van der Waals surface area contributed by atoms with Crippen molar-refractivity contribution < 1.29 is 0 Å². The lowest BCUT2D eigenvalue weighted by atomic mass is 9.98. The van der Waals surface area contributed by atoms with Crippen LogP contribution in [0, 0.1) is 11.3 Å². The van der Waals surface area contributed by atoms with Gasteiger partial charge in [-0.05, 0) is 36.7 Å². The average molecular weight is 202 g/mol.